The predicted molar refractivity (Wildman–Crippen MR) is 89.2 cm³/mol. The Morgan fingerprint density at radius 3 is 2.59 bits per heavy atom. The summed E-state index contributed by atoms with van der Waals surface area (Å²) in [5.41, 5.74) is 1.45. The van der Waals surface area contributed by atoms with Crippen LogP contribution in [0.15, 0.2) is 34.8 Å². The van der Waals surface area contributed by atoms with Crippen LogP contribution in [-0.2, 0) is 13.1 Å². The highest BCUT2D eigenvalue weighted by atomic mass is 79.9. The van der Waals surface area contributed by atoms with E-state index in [1.807, 2.05) is 12.1 Å². The third-order valence-corrected chi connectivity index (χ3v) is 4.13. The van der Waals surface area contributed by atoms with Crippen LogP contribution in [0.5, 0.6) is 11.5 Å². The lowest BCUT2D eigenvalue weighted by atomic mass is 10.1. The van der Waals surface area contributed by atoms with Crippen LogP contribution in [0.4, 0.5) is 4.39 Å². The predicted octanol–water partition coefficient (Wildman–Crippen LogP) is 4.55. The maximum Gasteiger partial charge on any atom is 0.174 e. The maximum atomic E-state index is 13.7. The molecule has 3 nitrogen and oxygen atoms in total. The van der Waals surface area contributed by atoms with Gasteiger partial charge >= 0.3 is 0 Å². The molecule has 1 N–H and O–H groups in total. The maximum absolute atomic E-state index is 13.7. The van der Waals surface area contributed by atoms with E-state index in [2.05, 4.69) is 21.2 Å². The fourth-order valence-corrected chi connectivity index (χ4v) is 2.99. The Hall–Kier alpha value is -1.30. The molecule has 0 aliphatic carbocycles. The smallest absolute Gasteiger partial charge is 0.174 e. The number of methoxy groups -OCH3 is 2. The summed E-state index contributed by atoms with van der Waals surface area (Å²) < 4.78 is 25.1. The van der Waals surface area contributed by atoms with E-state index in [4.69, 9.17) is 21.1 Å². The van der Waals surface area contributed by atoms with Gasteiger partial charge in [-0.1, -0.05) is 17.7 Å². The molecule has 22 heavy (non-hydrogen) atoms. The van der Waals surface area contributed by atoms with Crippen LogP contribution >= 0.6 is 27.5 Å². The topological polar surface area (TPSA) is 30.5 Å². The highest BCUT2D eigenvalue weighted by molar-refractivity contribution is 9.10. The number of halogens is 3. The van der Waals surface area contributed by atoms with Crippen LogP contribution in [0.25, 0.3) is 0 Å². The van der Waals surface area contributed by atoms with Crippen LogP contribution in [0.1, 0.15) is 11.1 Å². The van der Waals surface area contributed by atoms with E-state index in [0.29, 0.717) is 35.2 Å². The summed E-state index contributed by atoms with van der Waals surface area (Å²) in [5.74, 6) is 0.967. The second-order valence-corrected chi connectivity index (χ2v) is 5.88. The second-order valence-electron chi connectivity index (χ2n) is 4.62. The molecule has 0 saturated heterocycles. The van der Waals surface area contributed by atoms with E-state index in [9.17, 15) is 4.39 Å². The fraction of sp³-hybridized carbons (Fsp3) is 0.250. The summed E-state index contributed by atoms with van der Waals surface area (Å²) >= 11 is 9.44. The zero-order valence-corrected chi connectivity index (χ0v) is 14.6. The molecule has 0 unspecified atom stereocenters. The summed E-state index contributed by atoms with van der Waals surface area (Å²) in [4.78, 5) is 0. The molecule has 6 heteroatoms. The zero-order valence-electron chi connectivity index (χ0n) is 12.3. The van der Waals surface area contributed by atoms with Crippen molar-refractivity contribution in [1.82, 2.24) is 5.32 Å². The van der Waals surface area contributed by atoms with Gasteiger partial charge in [0.25, 0.3) is 0 Å². The molecular weight excluding hydrogens is 373 g/mol. The minimum absolute atomic E-state index is 0.312. The largest absolute Gasteiger partial charge is 0.493 e. The Kier molecular flexibility index (Phi) is 6.06. The van der Waals surface area contributed by atoms with E-state index in [1.54, 1.807) is 26.4 Å². The van der Waals surface area contributed by atoms with Gasteiger partial charge in [-0.25, -0.2) is 4.39 Å². The molecule has 0 aliphatic rings. The first-order valence-electron chi connectivity index (χ1n) is 6.60. The second kappa shape index (κ2) is 7.81. The van der Waals surface area contributed by atoms with E-state index in [-0.39, 0.29) is 5.82 Å². The fourth-order valence-electron chi connectivity index (χ4n) is 2.11. The van der Waals surface area contributed by atoms with Crippen molar-refractivity contribution in [3.8, 4) is 11.5 Å². The number of ether oxygens (including phenoxy) is 2. The lowest BCUT2D eigenvalue weighted by Crippen LogP contribution is -2.14. The highest BCUT2D eigenvalue weighted by Gasteiger charge is 2.11. The molecule has 0 aromatic heterocycles. The minimum atomic E-state index is -0.312. The normalized spacial score (nSPS) is 10.6. The Labute approximate surface area is 142 Å². The molecule has 0 bridgehead atoms. The van der Waals surface area contributed by atoms with E-state index in [0.717, 1.165) is 10.0 Å². The SMILES string of the molecule is COc1cc(CNCc2c(F)cccc2Cl)cc(Br)c1OC. The first-order valence-corrected chi connectivity index (χ1v) is 7.78. The lowest BCUT2D eigenvalue weighted by molar-refractivity contribution is 0.352. The van der Waals surface area contributed by atoms with Crippen molar-refractivity contribution in [2.75, 3.05) is 14.2 Å². The quantitative estimate of drug-likeness (QED) is 0.787. The van der Waals surface area contributed by atoms with Crippen molar-refractivity contribution in [2.45, 2.75) is 13.1 Å². The highest BCUT2D eigenvalue weighted by Crippen LogP contribution is 2.36. The molecule has 0 radical (unpaired) electrons. The van der Waals surface area contributed by atoms with Gasteiger partial charge < -0.3 is 14.8 Å². The van der Waals surface area contributed by atoms with Gasteiger partial charge in [-0.2, -0.15) is 0 Å². The average Bonchev–Trinajstić information content (AvgIpc) is 2.49. The molecule has 0 heterocycles. The van der Waals surface area contributed by atoms with Gasteiger partial charge in [-0.05, 0) is 45.8 Å². The summed E-state index contributed by atoms with van der Waals surface area (Å²) in [6, 6.07) is 8.47. The van der Waals surface area contributed by atoms with Gasteiger partial charge in [0.15, 0.2) is 11.5 Å². The van der Waals surface area contributed by atoms with Gasteiger partial charge in [0.05, 0.1) is 18.7 Å². The van der Waals surface area contributed by atoms with Gasteiger partial charge in [0, 0.05) is 23.7 Å². The van der Waals surface area contributed by atoms with Gasteiger partial charge in [-0.3, -0.25) is 0 Å². The van der Waals surface area contributed by atoms with Crippen molar-refractivity contribution in [3.63, 3.8) is 0 Å². The third-order valence-electron chi connectivity index (χ3n) is 3.19. The molecule has 2 rings (SSSR count). The molecule has 2 aromatic carbocycles. The first-order chi connectivity index (χ1) is 10.6. The average molecular weight is 389 g/mol. The van der Waals surface area contributed by atoms with Crippen molar-refractivity contribution < 1.29 is 13.9 Å². The molecule has 0 fully saturated rings. The Morgan fingerprint density at radius 2 is 1.95 bits per heavy atom. The minimum Gasteiger partial charge on any atom is -0.493 e. The molecule has 0 spiro atoms. The van der Waals surface area contributed by atoms with Crippen molar-refractivity contribution in [2.24, 2.45) is 0 Å². The molecule has 0 amide bonds. The van der Waals surface area contributed by atoms with Crippen LogP contribution in [0, 0.1) is 5.82 Å². The molecule has 0 aliphatic heterocycles. The number of benzene rings is 2. The van der Waals surface area contributed by atoms with Crippen LogP contribution < -0.4 is 14.8 Å². The third kappa shape index (κ3) is 3.91. The summed E-state index contributed by atoms with van der Waals surface area (Å²) in [5, 5.41) is 3.59. The molecule has 0 saturated carbocycles. The number of hydrogen-bond donors (Lipinski definition) is 1. The summed E-state index contributed by atoms with van der Waals surface area (Å²) in [6.07, 6.45) is 0. The number of rotatable bonds is 6. The van der Waals surface area contributed by atoms with Crippen LogP contribution in [0.3, 0.4) is 0 Å². The zero-order chi connectivity index (χ0) is 16.1. The molecule has 0 atom stereocenters. The van der Waals surface area contributed by atoms with Gasteiger partial charge in [0.1, 0.15) is 5.82 Å². The van der Waals surface area contributed by atoms with Crippen LogP contribution in [0.2, 0.25) is 5.02 Å². The summed E-state index contributed by atoms with van der Waals surface area (Å²) in [6.45, 7) is 0.890. The van der Waals surface area contributed by atoms with Crippen molar-refractivity contribution >= 4 is 27.5 Å². The Bertz CT molecular complexity index is 647. The molecular formula is C16H16BrClFNO2. The van der Waals surface area contributed by atoms with E-state index >= 15 is 0 Å². The molecule has 118 valence electrons. The number of nitrogens with one attached hydrogen (secondary N) is 1. The first kappa shape index (κ1) is 17.1. The van der Waals surface area contributed by atoms with E-state index < -0.39 is 0 Å². The summed E-state index contributed by atoms with van der Waals surface area (Å²) in [7, 11) is 3.17. The Morgan fingerprint density at radius 1 is 1.18 bits per heavy atom. The standard InChI is InChI=1S/C16H16BrClFNO2/c1-21-15-7-10(6-12(17)16(15)22-2)8-20-9-11-13(18)4-3-5-14(11)19/h3-7,20H,8-9H2,1-2H3. The van der Waals surface area contributed by atoms with Crippen LogP contribution in [-0.4, -0.2) is 14.2 Å². The van der Waals surface area contributed by atoms with Gasteiger partial charge in [0.2, 0.25) is 0 Å². The lowest BCUT2D eigenvalue weighted by Gasteiger charge is -2.13. The monoisotopic (exact) mass is 387 g/mol. The van der Waals surface area contributed by atoms with Gasteiger partial charge in [-0.15, -0.1) is 0 Å². The van der Waals surface area contributed by atoms with Crippen molar-refractivity contribution in [1.29, 1.82) is 0 Å². The Balaban J connectivity index is 2.08. The van der Waals surface area contributed by atoms with Crippen molar-refractivity contribution in [3.05, 3.63) is 56.8 Å². The number of hydrogen-bond acceptors (Lipinski definition) is 3. The van der Waals surface area contributed by atoms with E-state index in [1.165, 1.54) is 6.07 Å². The molecule has 2 aromatic rings.